The van der Waals surface area contributed by atoms with Crippen molar-refractivity contribution in [3.05, 3.63) is 70.3 Å². The van der Waals surface area contributed by atoms with Gasteiger partial charge in [-0.15, -0.1) is 0 Å². The zero-order valence-corrected chi connectivity index (χ0v) is 13.4. The predicted molar refractivity (Wildman–Crippen MR) is 90.6 cm³/mol. The molecule has 3 heteroatoms. The summed E-state index contributed by atoms with van der Waals surface area (Å²) in [6, 6.07) is 11.8. The summed E-state index contributed by atoms with van der Waals surface area (Å²) < 4.78 is 4.81. The maximum atomic E-state index is 11.8. The number of esters is 1. The Morgan fingerprint density at radius 3 is 2.32 bits per heavy atom. The molecular formula is C19H21NO2. The topological polar surface area (TPSA) is 52.3 Å². The van der Waals surface area contributed by atoms with Crippen LogP contribution in [0.4, 0.5) is 5.69 Å². The number of ether oxygens (including phenoxy) is 1. The van der Waals surface area contributed by atoms with Gasteiger partial charge in [-0.25, -0.2) is 4.79 Å². The molecule has 2 aromatic rings. The molecular weight excluding hydrogens is 274 g/mol. The lowest BCUT2D eigenvalue weighted by Crippen LogP contribution is -2.05. The Kier molecular flexibility index (Phi) is 4.66. The normalized spacial score (nSPS) is 11.4. The van der Waals surface area contributed by atoms with Gasteiger partial charge in [0.1, 0.15) is 0 Å². The lowest BCUT2D eigenvalue weighted by atomic mass is 9.88. The second kappa shape index (κ2) is 6.48. The Morgan fingerprint density at radius 1 is 1.09 bits per heavy atom. The molecule has 0 unspecified atom stereocenters. The van der Waals surface area contributed by atoms with E-state index in [1.165, 1.54) is 13.2 Å². The highest BCUT2D eigenvalue weighted by Crippen LogP contribution is 2.34. The first-order chi connectivity index (χ1) is 10.5. The van der Waals surface area contributed by atoms with Gasteiger partial charge in [0.05, 0.1) is 7.11 Å². The number of carbonyl (C=O) groups excluding carboxylic acids is 1. The molecule has 0 aromatic heterocycles. The summed E-state index contributed by atoms with van der Waals surface area (Å²) in [6.07, 6.45) is 1.51. The van der Waals surface area contributed by atoms with Crippen molar-refractivity contribution in [1.82, 2.24) is 0 Å². The number of hydrogen-bond acceptors (Lipinski definition) is 3. The number of benzene rings is 2. The molecule has 0 amide bonds. The predicted octanol–water partition coefficient (Wildman–Crippen LogP) is 3.80. The number of hydrogen-bond donors (Lipinski definition) is 1. The second-order valence-electron chi connectivity index (χ2n) is 5.37. The van der Waals surface area contributed by atoms with E-state index in [-0.39, 0.29) is 0 Å². The van der Waals surface area contributed by atoms with Crippen LogP contribution in [0.2, 0.25) is 0 Å². The van der Waals surface area contributed by atoms with E-state index in [1.54, 1.807) is 0 Å². The van der Waals surface area contributed by atoms with Crippen molar-refractivity contribution in [2.75, 3.05) is 12.8 Å². The summed E-state index contributed by atoms with van der Waals surface area (Å²) in [5, 5.41) is 0. The highest BCUT2D eigenvalue weighted by Gasteiger charge is 2.16. The fourth-order valence-corrected chi connectivity index (χ4v) is 2.55. The van der Waals surface area contributed by atoms with E-state index < -0.39 is 5.97 Å². The summed E-state index contributed by atoms with van der Waals surface area (Å²) >= 11 is 0. The Balaban J connectivity index is 2.77. The molecule has 0 spiro atoms. The molecule has 0 bridgehead atoms. The van der Waals surface area contributed by atoms with Crippen molar-refractivity contribution >= 4 is 17.2 Å². The third-order valence-electron chi connectivity index (χ3n) is 3.91. The molecule has 2 aromatic carbocycles. The van der Waals surface area contributed by atoms with Crippen LogP contribution < -0.4 is 5.73 Å². The van der Waals surface area contributed by atoms with E-state index >= 15 is 0 Å². The molecule has 2 rings (SSSR count). The standard InChI is InChI=1S/C19H21NO2/c1-12-10-13(2)19(20)18(14(12)3)16(11-17(21)22-4)15-8-6-5-7-9-15/h5-11H,20H2,1-4H3/b16-11+. The van der Waals surface area contributed by atoms with Crippen LogP contribution in [0.5, 0.6) is 0 Å². The van der Waals surface area contributed by atoms with Crippen LogP contribution in [0.15, 0.2) is 42.5 Å². The van der Waals surface area contributed by atoms with Crippen molar-refractivity contribution in [2.24, 2.45) is 0 Å². The molecule has 0 aliphatic carbocycles. The van der Waals surface area contributed by atoms with Crippen LogP contribution in [0, 0.1) is 20.8 Å². The van der Waals surface area contributed by atoms with Gasteiger partial charge in [-0.05, 0) is 48.6 Å². The monoisotopic (exact) mass is 295 g/mol. The van der Waals surface area contributed by atoms with Gasteiger partial charge in [-0.1, -0.05) is 36.4 Å². The van der Waals surface area contributed by atoms with E-state index in [9.17, 15) is 4.79 Å². The number of carbonyl (C=O) groups is 1. The zero-order valence-electron chi connectivity index (χ0n) is 13.4. The molecule has 0 atom stereocenters. The number of nitrogen functional groups attached to an aromatic ring is 1. The first-order valence-electron chi connectivity index (χ1n) is 7.17. The summed E-state index contributed by atoms with van der Waals surface area (Å²) in [7, 11) is 1.37. The van der Waals surface area contributed by atoms with Gasteiger partial charge in [-0.3, -0.25) is 0 Å². The van der Waals surface area contributed by atoms with Gasteiger partial charge in [-0.2, -0.15) is 0 Å². The summed E-state index contributed by atoms with van der Waals surface area (Å²) in [6.45, 7) is 6.05. The SMILES string of the molecule is COC(=O)/C=C(\c1ccccc1)c1c(C)c(C)cc(C)c1N. The smallest absolute Gasteiger partial charge is 0.331 e. The Hall–Kier alpha value is -2.55. The Morgan fingerprint density at radius 2 is 1.73 bits per heavy atom. The third kappa shape index (κ3) is 3.03. The fraction of sp³-hybridized carbons (Fsp3) is 0.211. The molecule has 0 aliphatic heterocycles. The van der Waals surface area contributed by atoms with E-state index in [0.717, 1.165) is 33.4 Å². The van der Waals surface area contributed by atoms with Crippen molar-refractivity contribution in [3.63, 3.8) is 0 Å². The molecule has 0 aliphatic rings. The van der Waals surface area contributed by atoms with Crippen LogP contribution in [0.25, 0.3) is 5.57 Å². The van der Waals surface area contributed by atoms with Crippen LogP contribution in [0.3, 0.4) is 0 Å². The van der Waals surface area contributed by atoms with Gasteiger partial charge in [0.25, 0.3) is 0 Å². The molecule has 2 N–H and O–H groups in total. The highest BCUT2D eigenvalue weighted by atomic mass is 16.5. The van der Waals surface area contributed by atoms with Crippen LogP contribution >= 0.6 is 0 Å². The maximum Gasteiger partial charge on any atom is 0.331 e. The van der Waals surface area contributed by atoms with Crippen molar-refractivity contribution in [1.29, 1.82) is 0 Å². The van der Waals surface area contributed by atoms with Crippen LogP contribution in [0.1, 0.15) is 27.8 Å². The van der Waals surface area contributed by atoms with Crippen molar-refractivity contribution in [2.45, 2.75) is 20.8 Å². The van der Waals surface area contributed by atoms with E-state index in [0.29, 0.717) is 5.69 Å². The first kappa shape index (κ1) is 15.8. The molecule has 0 saturated carbocycles. The maximum absolute atomic E-state index is 11.8. The molecule has 0 radical (unpaired) electrons. The molecule has 3 nitrogen and oxygen atoms in total. The number of nitrogens with two attached hydrogens (primary N) is 1. The van der Waals surface area contributed by atoms with E-state index in [1.807, 2.05) is 51.1 Å². The van der Waals surface area contributed by atoms with E-state index in [2.05, 4.69) is 6.07 Å². The largest absolute Gasteiger partial charge is 0.466 e. The Labute approximate surface area is 131 Å². The quantitative estimate of drug-likeness (QED) is 0.532. The number of anilines is 1. The second-order valence-corrected chi connectivity index (χ2v) is 5.37. The van der Waals surface area contributed by atoms with E-state index in [4.69, 9.17) is 10.5 Å². The number of methoxy groups -OCH3 is 1. The highest BCUT2D eigenvalue weighted by molar-refractivity contribution is 5.99. The fourth-order valence-electron chi connectivity index (χ4n) is 2.55. The van der Waals surface area contributed by atoms with Crippen molar-refractivity contribution in [3.8, 4) is 0 Å². The molecule has 0 fully saturated rings. The van der Waals surface area contributed by atoms with Gasteiger partial charge >= 0.3 is 5.97 Å². The van der Waals surface area contributed by atoms with Gasteiger partial charge in [0, 0.05) is 17.3 Å². The summed E-state index contributed by atoms with van der Waals surface area (Å²) in [4.78, 5) is 11.8. The first-order valence-corrected chi connectivity index (χ1v) is 7.17. The third-order valence-corrected chi connectivity index (χ3v) is 3.91. The average molecular weight is 295 g/mol. The lowest BCUT2D eigenvalue weighted by Gasteiger charge is -2.18. The molecule has 0 heterocycles. The zero-order chi connectivity index (χ0) is 16.3. The van der Waals surface area contributed by atoms with Crippen LogP contribution in [-0.2, 0) is 9.53 Å². The minimum Gasteiger partial charge on any atom is -0.466 e. The van der Waals surface area contributed by atoms with Gasteiger partial charge in [0.15, 0.2) is 0 Å². The van der Waals surface area contributed by atoms with Crippen molar-refractivity contribution < 1.29 is 9.53 Å². The van der Waals surface area contributed by atoms with Gasteiger partial charge < -0.3 is 10.5 Å². The molecule has 0 saturated heterocycles. The minimum absolute atomic E-state index is 0.392. The number of aryl methyl sites for hydroxylation is 2. The average Bonchev–Trinajstić information content (AvgIpc) is 2.52. The number of rotatable bonds is 3. The summed E-state index contributed by atoms with van der Waals surface area (Å²) in [5.74, 6) is -0.392. The molecule has 22 heavy (non-hydrogen) atoms. The van der Waals surface area contributed by atoms with Gasteiger partial charge in [0.2, 0.25) is 0 Å². The molecule has 114 valence electrons. The lowest BCUT2D eigenvalue weighted by molar-refractivity contribution is -0.134. The van der Waals surface area contributed by atoms with Crippen LogP contribution in [-0.4, -0.2) is 13.1 Å². The Bertz CT molecular complexity index is 705. The summed E-state index contributed by atoms with van der Waals surface area (Å²) in [5.41, 5.74) is 12.9. The minimum atomic E-state index is -0.392.